The summed E-state index contributed by atoms with van der Waals surface area (Å²) in [5.74, 6) is 0. The second-order valence-electron chi connectivity index (χ2n) is 6.88. The quantitative estimate of drug-likeness (QED) is 0.372. The molecule has 0 amide bonds. The van der Waals surface area contributed by atoms with Crippen molar-refractivity contribution < 1.29 is 0 Å². The molecule has 0 aliphatic heterocycles. The van der Waals surface area contributed by atoms with E-state index in [9.17, 15) is 0 Å². The van der Waals surface area contributed by atoms with Crippen LogP contribution in [0.15, 0.2) is 116 Å². The van der Waals surface area contributed by atoms with E-state index < -0.39 is 0 Å². The molecule has 5 aromatic rings. The summed E-state index contributed by atoms with van der Waals surface area (Å²) in [7, 11) is 0. The highest BCUT2D eigenvalue weighted by Gasteiger charge is 2.09. The highest BCUT2D eigenvalue weighted by atomic mass is 15.0. The normalized spacial score (nSPS) is 10.8. The fraction of sp³-hybridized carbons (Fsp3) is 0. The molecule has 0 aliphatic rings. The van der Waals surface area contributed by atoms with E-state index in [4.69, 9.17) is 4.98 Å². The molecule has 0 saturated heterocycles. The van der Waals surface area contributed by atoms with E-state index in [0.717, 1.165) is 39.3 Å². The van der Waals surface area contributed by atoms with Crippen LogP contribution in [0.3, 0.4) is 0 Å². The monoisotopic (exact) mass is 373 g/mol. The van der Waals surface area contributed by atoms with E-state index >= 15 is 0 Å². The van der Waals surface area contributed by atoms with Crippen molar-refractivity contribution in [2.24, 2.45) is 0 Å². The second kappa shape index (κ2) is 7.56. The van der Waals surface area contributed by atoms with Crippen molar-refractivity contribution in [1.82, 2.24) is 14.5 Å². The lowest BCUT2D eigenvalue weighted by molar-refractivity contribution is 1.06. The summed E-state index contributed by atoms with van der Waals surface area (Å²) in [6.45, 7) is 0. The summed E-state index contributed by atoms with van der Waals surface area (Å²) in [4.78, 5) is 9.07. The first-order valence-corrected chi connectivity index (χ1v) is 9.58. The van der Waals surface area contributed by atoms with Gasteiger partial charge in [0.05, 0.1) is 17.7 Å². The minimum Gasteiger partial charge on any atom is -0.306 e. The number of hydrogen-bond acceptors (Lipinski definition) is 2. The van der Waals surface area contributed by atoms with Crippen LogP contribution in [0.4, 0.5) is 0 Å². The summed E-state index contributed by atoms with van der Waals surface area (Å²) >= 11 is 0. The standard InChI is InChI=1S/C26H19N3/c1-3-7-21(8-4-1)25-17-23(18-26(28-25)22-9-5-2-6-10-22)20-11-13-24(14-12-20)29-16-15-27-19-29/h1-19H. The Morgan fingerprint density at radius 2 is 1.14 bits per heavy atom. The molecule has 3 nitrogen and oxygen atoms in total. The lowest BCUT2D eigenvalue weighted by Crippen LogP contribution is -1.92. The van der Waals surface area contributed by atoms with Crippen molar-refractivity contribution in [2.75, 3.05) is 0 Å². The zero-order chi connectivity index (χ0) is 19.5. The molecule has 3 aromatic carbocycles. The molecule has 3 heteroatoms. The van der Waals surface area contributed by atoms with Crippen LogP contribution in [0, 0.1) is 0 Å². The van der Waals surface area contributed by atoms with Crippen molar-refractivity contribution in [3.8, 4) is 39.3 Å². The summed E-state index contributed by atoms with van der Waals surface area (Å²) in [5, 5.41) is 0. The van der Waals surface area contributed by atoms with Gasteiger partial charge in [-0.05, 0) is 35.4 Å². The lowest BCUT2D eigenvalue weighted by Gasteiger charge is -2.11. The van der Waals surface area contributed by atoms with Gasteiger partial charge in [0.1, 0.15) is 0 Å². The molecule has 2 heterocycles. The zero-order valence-electron chi connectivity index (χ0n) is 15.8. The molecule has 2 aromatic heterocycles. The van der Waals surface area contributed by atoms with Crippen molar-refractivity contribution in [3.63, 3.8) is 0 Å². The summed E-state index contributed by atoms with van der Waals surface area (Å²) < 4.78 is 2.00. The van der Waals surface area contributed by atoms with Gasteiger partial charge in [0.15, 0.2) is 0 Å². The number of imidazole rings is 1. The number of hydrogen-bond donors (Lipinski definition) is 0. The number of nitrogens with zero attached hydrogens (tertiary/aromatic N) is 3. The van der Waals surface area contributed by atoms with Crippen LogP contribution < -0.4 is 0 Å². The van der Waals surface area contributed by atoms with Gasteiger partial charge in [0.2, 0.25) is 0 Å². The van der Waals surface area contributed by atoms with Gasteiger partial charge in [0.25, 0.3) is 0 Å². The predicted octanol–water partition coefficient (Wildman–Crippen LogP) is 6.27. The first-order chi connectivity index (χ1) is 14.4. The van der Waals surface area contributed by atoms with E-state index in [0.29, 0.717) is 0 Å². The number of rotatable bonds is 4. The average Bonchev–Trinajstić information content (AvgIpc) is 3.35. The molecule has 29 heavy (non-hydrogen) atoms. The van der Waals surface area contributed by atoms with Gasteiger partial charge in [-0.1, -0.05) is 72.8 Å². The number of benzene rings is 3. The first-order valence-electron chi connectivity index (χ1n) is 9.58. The smallest absolute Gasteiger partial charge is 0.0991 e. The van der Waals surface area contributed by atoms with Gasteiger partial charge in [-0.2, -0.15) is 0 Å². The minimum atomic E-state index is 0.973. The van der Waals surface area contributed by atoms with Crippen molar-refractivity contribution in [3.05, 3.63) is 116 Å². The largest absolute Gasteiger partial charge is 0.306 e. The van der Waals surface area contributed by atoms with E-state index in [2.05, 4.69) is 65.6 Å². The summed E-state index contributed by atoms with van der Waals surface area (Å²) in [5.41, 5.74) is 7.57. The summed E-state index contributed by atoms with van der Waals surface area (Å²) in [6.07, 6.45) is 5.54. The third-order valence-electron chi connectivity index (χ3n) is 4.97. The van der Waals surface area contributed by atoms with Crippen molar-refractivity contribution in [2.45, 2.75) is 0 Å². The molecule has 0 atom stereocenters. The maximum Gasteiger partial charge on any atom is 0.0991 e. The van der Waals surface area contributed by atoms with Crippen molar-refractivity contribution in [1.29, 1.82) is 0 Å². The van der Waals surface area contributed by atoms with Gasteiger partial charge in [-0.25, -0.2) is 9.97 Å². The fourth-order valence-electron chi connectivity index (χ4n) is 3.45. The molecule has 0 radical (unpaired) electrons. The number of aromatic nitrogens is 3. The van der Waals surface area contributed by atoms with Gasteiger partial charge in [0, 0.05) is 29.2 Å². The topological polar surface area (TPSA) is 30.7 Å². The maximum atomic E-state index is 4.95. The van der Waals surface area contributed by atoms with E-state index in [1.165, 1.54) is 0 Å². The molecule has 0 bridgehead atoms. The number of pyridine rings is 1. The van der Waals surface area contributed by atoms with Gasteiger partial charge < -0.3 is 4.57 Å². The van der Waals surface area contributed by atoms with Crippen LogP contribution in [-0.4, -0.2) is 14.5 Å². The van der Waals surface area contributed by atoms with E-state index in [-0.39, 0.29) is 0 Å². The molecule has 0 fully saturated rings. The van der Waals surface area contributed by atoms with Crippen LogP contribution in [0.5, 0.6) is 0 Å². The Balaban J connectivity index is 1.62. The van der Waals surface area contributed by atoms with Gasteiger partial charge in [-0.3, -0.25) is 0 Å². The minimum absolute atomic E-state index is 0.973. The Bertz CT molecular complexity index is 1150. The third kappa shape index (κ3) is 3.58. The molecule has 0 saturated carbocycles. The molecule has 0 N–H and O–H groups in total. The molecule has 138 valence electrons. The third-order valence-corrected chi connectivity index (χ3v) is 4.97. The maximum absolute atomic E-state index is 4.95. The Hall–Kier alpha value is -3.98. The van der Waals surface area contributed by atoms with Crippen molar-refractivity contribution >= 4 is 0 Å². The van der Waals surface area contributed by atoms with Crippen LogP contribution in [0.1, 0.15) is 0 Å². The summed E-state index contributed by atoms with van der Waals surface area (Å²) in [6, 6.07) is 33.5. The Morgan fingerprint density at radius 1 is 0.552 bits per heavy atom. The Kier molecular flexibility index (Phi) is 4.47. The van der Waals surface area contributed by atoms with Gasteiger partial charge >= 0.3 is 0 Å². The SMILES string of the molecule is c1ccc(-c2cc(-c3ccc(-n4ccnc4)cc3)cc(-c3ccccc3)n2)cc1. The zero-order valence-corrected chi connectivity index (χ0v) is 15.8. The van der Waals surface area contributed by atoms with Crippen LogP contribution >= 0.6 is 0 Å². The highest BCUT2D eigenvalue weighted by molar-refractivity contribution is 5.76. The molecule has 5 rings (SSSR count). The van der Waals surface area contributed by atoms with Crippen LogP contribution in [0.25, 0.3) is 39.3 Å². The molecule has 0 aliphatic carbocycles. The molecule has 0 spiro atoms. The fourth-order valence-corrected chi connectivity index (χ4v) is 3.45. The molecular formula is C26H19N3. The Labute approximate surface area is 170 Å². The Morgan fingerprint density at radius 3 is 1.66 bits per heavy atom. The van der Waals surface area contributed by atoms with E-state index in [1.54, 1.807) is 6.20 Å². The first kappa shape index (κ1) is 17.1. The van der Waals surface area contributed by atoms with E-state index in [1.807, 2.05) is 53.5 Å². The van der Waals surface area contributed by atoms with Crippen LogP contribution in [0.2, 0.25) is 0 Å². The molecule has 0 unspecified atom stereocenters. The van der Waals surface area contributed by atoms with Gasteiger partial charge in [-0.15, -0.1) is 0 Å². The van der Waals surface area contributed by atoms with Crippen LogP contribution in [-0.2, 0) is 0 Å². The second-order valence-corrected chi connectivity index (χ2v) is 6.88. The average molecular weight is 373 g/mol. The predicted molar refractivity (Wildman–Crippen MR) is 118 cm³/mol. The lowest BCUT2D eigenvalue weighted by atomic mass is 10.00. The highest BCUT2D eigenvalue weighted by Crippen LogP contribution is 2.30. The molecular weight excluding hydrogens is 354 g/mol.